The maximum absolute atomic E-state index is 13.0. The molecule has 3 rings (SSSR count). The van der Waals surface area contributed by atoms with Crippen LogP contribution in [0.5, 0.6) is 5.75 Å². The molecule has 0 spiro atoms. The lowest BCUT2D eigenvalue weighted by Crippen LogP contribution is -2.40. The lowest BCUT2D eigenvalue weighted by Gasteiger charge is -2.24. The van der Waals surface area contributed by atoms with Crippen molar-refractivity contribution in [1.29, 1.82) is 0 Å². The second-order valence-electron chi connectivity index (χ2n) is 6.59. The van der Waals surface area contributed by atoms with Crippen molar-refractivity contribution in [2.24, 2.45) is 0 Å². The van der Waals surface area contributed by atoms with Gasteiger partial charge in [-0.3, -0.25) is 4.79 Å². The van der Waals surface area contributed by atoms with Crippen LogP contribution < -0.4 is 10.1 Å². The Labute approximate surface area is 161 Å². The smallest absolute Gasteiger partial charge is 0.261 e. The first-order chi connectivity index (χ1) is 13.2. The Hall–Kier alpha value is -3.07. The summed E-state index contributed by atoms with van der Waals surface area (Å²) in [6.45, 7) is 3.98. The summed E-state index contributed by atoms with van der Waals surface area (Å²) in [5.74, 6) is 0.592. The maximum atomic E-state index is 13.0. The second kappa shape index (κ2) is 9.04. The molecule has 3 aromatic carbocycles. The van der Waals surface area contributed by atoms with Crippen LogP contribution in [0.1, 0.15) is 36.1 Å². The van der Waals surface area contributed by atoms with E-state index in [-0.39, 0.29) is 11.9 Å². The molecule has 138 valence electrons. The number of carbonyl (C=O) groups is 1. The van der Waals surface area contributed by atoms with Gasteiger partial charge in [0.2, 0.25) is 0 Å². The maximum Gasteiger partial charge on any atom is 0.261 e. The van der Waals surface area contributed by atoms with Crippen LogP contribution >= 0.6 is 0 Å². The molecular formula is C24H25NO2. The fraction of sp³-hybridized carbons (Fsp3) is 0.208. The molecule has 0 aromatic heterocycles. The van der Waals surface area contributed by atoms with Gasteiger partial charge >= 0.3 is 0 Å². The SMILES string of the molecule is CC[C@H](Oc1ccc(C)cc1)C(=O)NC(c1ccccc1)c1ccccc1. The molecule has 0 aliphatic heterocycles. The minimum atomic E-state index is -0.539. The highest BCUT2D eigenvalue weighted by Crippen LogP contribution is 2.23. The molecular weight excluding hydrogens is 334 g/mol. The van der Waals surface area contributed by atoms with E-state index in [1.54, 1.807) is 0 Å². The van der Waals surface area contributed by atoms with Gasteiger partial charge in [-0.05, 0) is 36.6 Å². The molecule has 0 saturated heterocycles. The third-order valence-corrected chi connectivity index (χ3v) is 4.51. The summed E-state index contributed by atoms with van der Waals surface area (Å²) >= 11 is 0. The summed E-state index contributed by atoms with van der Waals surface area (Å²) in [6.07, 6.45) is 0.0540. The van der Waals surface area contributed by atoms with Crippen molar-refractivity contribution < 1.29 is 9.53 Å². The van der Waals surface area contributed by atoms with E-state index in [2.05, 4.69) is 5.32 Å². The van der Waals surface area contributed by atoms with E-state index in [9.17, 15) is 4.79 Å². The van der Waals surface area contributed by atoms with Crippen LogP contribution in [0, 0.1) is 6.92 Å². The second-order valence-corrected chi connectivity index (χ2v) is 6.59. The molecule has 0 unspecified atom stereocenters. The van der Waals surface area contributed by atoms with Crippen molar-refractivity contribution >= 4 is 5.91 Å². The molecule has 0 saturated carbocycles. The van der Waals surface area contributed by atoms with Gasteiger partial charge in [-0.1, -0.05) is 85.3 Å². The number of hydrogen-bond acceptors (Lipinski definition) is 2. The van der Waals surface area contributed by atoms with Crippen LogP contribution in [-0.4, -0.2) is 12.0 Å². The highest BCUT2D eigenvalue weighted by molar-refractivity contribution is 5.82. The van der Waals surface area contributed by atoms with Gasteiger partial charge in [0.1, 0.15) is 5.75 Å². The minimum absolute atomic E-state index is 0.115. The number of ether oxygens (including phenoxy) is 1. The van der Waals surface area contributed by atoms with Crippen LogP contribution in [0.3, 0.4) is 0 Å². The van der Waals surface area contributed by atoms with Gasteiger partial charge < -0.3 is 10.1 Å². The quantitative estimate of drug-likeness (QED) is 0.640. The Morgan fingerprint density at radius 3 is 1.85 bits per heavy atom. The van der Waals surface area contributed by atoms with Gasteiger partial charge in [-0.2, -0.15) is 0 Å². The summed E-state index contributed by atoms with van der Waals surface area (Å²) in [5.41, 5.74) is 3.25. The molecule has 0 radical (unpaired) electrons. The summed E-state index contributed by atoms with van der Waals surface area (Å²) in [7, 11) is 0. The van der Waals surface area contributed by atoms with E-state index in [1.165, 1.54) is 0 Å². The molecule has 27 heavy (non-hydrogen) atoms. The van der Waals surface area contributed by atoms with Crippen molar-refractivity contribution in [2.45, 2.75) is 32.4 Å². The Morgan fingerprint density at radius 1 is 0.852 bits per heavy atom. The fourth-order valence-corrected chi connectivity index (χ4v) is 2.99. The summed E-state index contributed by atoms with van der Waals surface area (Å²) in [5, 5.41) is 3.17. The van der Waals surface area contributed by atoms with E-state index in [4.69, 9.17) is 4.74 Å². The highest BCUT2D eigenvalue weighted by Gasteiger charge is 2.23. The third-order valence-electron chi connectivity index (χ3n) is 4.51. The molecule has 0 heterocycles. The Balaban J connectivity index is 1.79. The normalized spacial score (nSPS) is 11.8. The van der Waals surface area contributed by atoms with Crippen molar-refractivity contribution in [2.75, 3.05) is 0 Å². The standard InChI is InChI=1S/C24H25NO2/c1-3-22(27-21-16-14-18(2)15-17-21)24(26)25-23(19-10-6-4-7-11-19)20-12-8-5-9-13-20/h4-17,22-23H,3H2,1-2H3,(H,25,26)/t22-/m0/s1. The largest absolute Gasteiger partial charge is 0.481 e. The first kappa shape index (κ1) is 18.7. The molecule has 0 aliphatic carbocycles. The van der Waals surface area contributed by atoms with Crippen molar-refractivity contribution in [3.63, 3.8) is 0 Å². The van der Waals surface area contributed by atoms with Crippen molar-refractivity contribution in [3.05, 3.63) is 102 Å². The van der Waals surface area contributed by atoms with Gasteiger partial charge in [0.25, 0.3) is 5.91 Å². The number of rotatable bonds is 7. The fourth-order valence-electron chi connectivity index (χ4n) is 2.99. The molecule has 3 nitrogen and oxygen atoms in total. The zero-order chi connectivity index (χ0) is 19.1. The van der Waals surface area contributed by atoms with Crippen LogP contribution in [0.4, 0.5) is 0 Å². The van der Waals surface area contributed by atoms with E-state index in [0.717, 1.165) is 16.7 Å². The number of carbonyl (C=O) groups excluding carboxylic acids is 1. The molecule has 1 N–H and O–H groups in total. The van der Waals surface area contributed by atoms with E-state index in [1.807, 2.05) is 98.8 Å². The average molecular weight is 359 g/mol. The predicted octanol–water partition coefficient (Wildman–Crippen LogP) is 5.06. The molecule has 1 atom stereocenters. The molecule has 0 fully saturated rings. The summed E-state index contributed by atoms with van der Waals surface area (Å²) in [4.78, 5) is 13.0. The van der Waals surface area contributed by atoms with Gasteiger partial charge in [-0.15, -0.1) is 0 Å². The summed E-state index contributed by atoms with van der Waals surface area (Å²) in [6, 6.07) is 27.5. The summed E-state index contributed by atoms with van der Waals surface area (Å²) < 4.78 is 5.94. The monoisotopic (exact) mass is 359 g/mol. The molecule has 3 heteroatoms. The minimum Gasteiger partial charge on any atom is -0.481 e. The molecule has 3 aromatic rings. The van der Waals surface area contributed by atoms with Gasteiger partial charge in [0.05, 0.1) is 6.04 Å². The van der Waals surface area contributed by atoms with Crippen molar-refractivity contribution in [1.82, 2.24) is 5.32 Å². The van der Waals surface area contributed by atoms with Crippen LogP contribution in [-0.2, 0) is 4.79 Å². The number of amides is 1. The number of hydrogen-bond donors (Lipinski definition) is 1. The lowest BCUT2D eigenvalue weighted by atomic mass is 9.98. The third kappa shape index (κ3) is 4.98. The molecule has 0 bridgehead atoms. The lowest BCUT2D eigenvalue weighted by molar-refractivity contribution is -0.128. The average Bonchev–Trinajstić information content (AvgIpc) is 2.72. The van der Waals surface area contributed by atoms with Crippen molar-refractivity contribution in [3.8, 4) is 5.75 Å². The van der Waals surface area contributed by atoms with Crippen LogP contribution in [0.25, 0.3) is 0 Å². The first-order valence-electron chi connectivity index (χ1n) is 9.31. The Morgan fingerprint density at radius 2 is 1.37 bits per heavy atom. The van der Waals surface area contributed by atoms with Gasteiger partial charge in [0, 0.05) is 0 Å². The van der Waals surface area contributed by atoms with E-state index < -0.39 is 6.10 Å². The van der Waals surface area contributed by atoms with Gasteiger partial charge in [0.15, 0.2) is 6.10 Å². The van der Waals surface area contributed by atoms with Crippen LogP contribution in [0.2, 0.25) is 0 Å². The zero-order valence-corrected chi connectivity index (χ0v) is 15.8. The zero-order valence-electron chi connectivity index (χ0n) is 15.8. The molecule has 0 aliphatic rings. The van der Waals surface area contributed by atoms with E-state index in [0.29, 0.717) is 12.2 Å². The number of benzene rings is 3. The Bertz CT molecular complexity index is 805. The topological polar surface area (TPSA) is 38.3 Å². The first-order valence-corrected chi connectivity index (χ1v) is 9.31. The molecule has 1 amide bonds. The van der Waals surface area contributed by atoms with E-state index >= 15 is 0 Å². The van der Waals surface area contributed by atoms with Crippen LogP contribution in [0.15, 0.2) is 84.9 Å². The Kier molecular flexibility index (Phi) is 6.26. The number of nitrogens with one attached hydrogen (secondary N) is 1. The highest BCUT2D eigenvalue weighted by atomic mass is 16.5. The number of aryl methyl sites for hydroxylation is 1. The predicted molar refractivity (Wildman–Crippen MR) is 109 cm³/mol. The van der Waals surface area contributed by atoms with Gasteiger partial charge in [-0.25, -0.2) is 0 Å².